The minimum Gasteiger partial charge on any atom is -0.336 e. The second-order valence-corrected chi connectivity index (χ2v) is 5.02. The third-order valence-electron chi connectivity index (χ3n) is 2.84. The summed E-state index contributed by atoms with van der Waals surface area (Å²) in [5.41, 5.74) is 3.72. The van der Waals surface area contributed by atoms with Crippen LogP contribution in [0, 0.1) is 6.92 Å². The van der Waals surface area contributed by atoms with Crippen molar-refractivity contribution >= 4 is 22.4 Å². The summed E-state index contributed by atoms with van der Waals surface area (Å²) in [5, 5.41) is 8.64. The van der Waals surface area contributed by atoms with Gasteiger partial charge in [-0.15, -0.1) is 11.3 Å². The molecule has 0 aliphatic carbocycles. The fourth-order valence-corrected chi connectivity index (χ4v) is 2.37. The Bertz CT molecular complexity index is 880. The Hall–Kier alpha value is -2.61. The van der Waals surface area contributed by atoms with Gasteiger partial charge in [-0.3, -0.25) is 4.98 Å². The highest BCUT2D eigenvalue weighted by Crippen LogP contribution is 2.26. The first-order chi connectivity index (χ1) is 9.81. The van der Waals surface area contributed by atoms with Crippen LogP contribution < -0.4 is 0 Å². The van der Waals surface area contributed by atoms with E-state index in [9.17, 15) is 0 Å². The maximum absolute atomic E-state index is 5.27. The molecule has 0 saturated heterocycles. The molecule has 8 heteroatoms. The first-order valence-electron chi connectivity index (χ1n) is 5.76. The number of hydrogen-bond donors (Lipinski definition) is 0. The van der Waals surface area contributed by atoms with E-state index in [1.165, 1.54) is 11.3 Å². The lowest BCUT2D eigenvalue weighted by molar-refractivity contribution is 0.432. The summed E-state index contributed by atoms with van der Waals surface area (Å²) in [7, 11) is 0. The molecule has 0 aliphatic heterocycles. The van der Waals surface area contributed by atoms with Crippen molar-refractivity contribution in [2.45, 2.75) is 6.92 Å². The van der Waals surface area contributed by atoms with Gasteiger partial charge in [0.1, 0.15) is 0 Å². The van der Waals surface area contributed by atoms with Gasteiger partial charge in [-0.1, -0.05) is 10.3 Å². The van der Waals surface area contributed by atoms with Gasteiger partial charge in [0.15, 0.2) is 0 Å². The topological polar surface area (TPSA) is 90.7 Å². The van der Waals surface area contributed by atoms with Crippen molar-refractivity contribution in [3.05, 3.63) is 29.7 Å². The van der Waals surface area contributed by atoms with E-state index >= 15 is 0 Å². The Balaban J connectivity index is 1.81. The molecule has 0 spiro atoms. The highest BCUT2D eigenvalue weighted by molar-refractivity contribution is 7.13. The molecule has 4 heterocycles. The Kier molecular flexibility index (Phi) is 2.36. The second-order valence-electron chi connectivity index (χ2n) is 4.13. The van der Waals surface area contributed by atoms with Crippen LogP contribution in [0.1, 0.15) is 5.69 Å². The van der Waals surface area contributed by atoms with E-state index in [4.69, 9.17) is 9.05 Å². The van der Waals surface area contributed by atoms with E-state index in [1.807, 2.05) is 13.0 Å². The van der Waals surface area contributed by atoms with E-state index in [0.717, 1.165) is 21.5 Å². The lowest BCUT2D eigenvalue weighted by Crippen LogP contribution is -1.82. The van der Waals surface area contributed by atoms with Crippen LogP contribution in [0.2, 0.25) is 0 Å². The maximum atomic E-state index is 5.27. The minimum atomic E-state index is 0.406. The first-order valence-corrected chi connectivity index (χ1v) is 6.64. The van der Waals surface area contributed by atoms with Gasteiger partial charge in [-0.2, -0.15) is 4.98 Å². The number of hydrogen-bond acceptors (Lipinski definition) is 8. The van der Waals surface area contributed by atoms with E-state index in [2.05, 4.69) is 25.3 Å². The molecular formula is C12H7N5O2S. The molecule has 0 aromatic carbocycles. The third kappa shape index (κ3) is 1.69. The van der Waals surface area contributed by atoms with Crippen LogP contribution in [-0.4, -0.2) is 25.3 Å². The summed E-state index contributed by atoms with van der Waals surface area (Å²) < 4.78 is 10.3. The minimum absolute atomic E-state index is 0.406. The molecule has 20 heavy (non-hydrogen) atoms. The Morgan fingerprint density at radius 2 is 2.10 bits per heavy atom. The number of pyridine rings is 1. The zero-order valence-electron chi connectivity index (χ0n) is 10.3. The lowest BCUT2D eigenvalue weighted by atomic mass is 10.2. The van der Waals surface area contributed by atoms with Crippen molar-refractivity contribution in [1.82, 2.24) is 25.3 Å². The summed E-state index contributed by atoms with van der Waals surface area (Å²) in [6.07, 6.45) is 3.32. The summed E-state index contributed by atoms with van der Waals surface area (Å²) >= 11 is 1.45. The molecule has 0 radical (unpaired) electrons. The predicted molar refractivity (Wildman–Crippen MR) is 70.9 cm³/mol. The highest BCUT2D eigenvalue weighted by atomic mass is 32.1. The van der Waals surface area contributed by atoms with E-state index in [0.29, 0.717) is 17.4 Å². The van der Waals surface area contributed by atoms with Crippen LogP contribution in [0.25, 0.3) is 33.3 Å². The lowest BCUT2D eigenvalue weighted by Gasteiger charge is -1.92. The van der Waals surface area contributed by atoms with Crippen molar-refractivity contribution in [3.63, 3.8) is 0 Å². The molecule has 7 nitrogen and oxygen atoms in total. The normalized spacial score (nSPS) is 11.2. The van der Waals surface area contributed by atoms with Gasteiger partial charge in [-0.05, 0) is 13.0 Å². The largest absolute Gasteiger partial charge is 0.336 e. The average molecular weight is 285 g/mol. The van der Waals surface area contributed by atoms with Crippen molar-refractivity contribution in [3.8, 4) is 22.2 Å². The standard InChI is InChI=1S/C12H7N5O2S/c1-6-8-2-7(3-14-12(8)19-16-6)11-15-10(17-18-11)9-4-13-5-20-9/h2-5H,1H3. The van der Waals surface area contributed by atoms with Gasteiger partial charge in [-0.25, -0.2) is 4.98 Å². The summed E-state index contributed by atoms with van der Waals surface area (Å²) in [4.78, 5) is 13.4. The van der Waals surface area contributed by atoms with Gasteiger partial charge in [0.05, 0.1) is 27.0 Å². The summed E-state index contributed by atoms with van der Waals surface area (Å²) in [6, 6.07) is 1.87. The zero-order valence-corrected chi connectivity index (χ0v) is 11.1. The monoisotopic (exact) mass is 285 g/mol. The summed E-state index contributed by atoms with van der Waals surface area (Å²) in [5.74, 6) is 0.924. The van der Waals surface area contributed by atoms with Crippen molar-refractivity contribution < 1.29 is 9.05 Å². The van der Waals surface area contributed by atoms with E-state index in [1.54, 1.807) is 17.9 Å². The molecule has 0 bridgehead atoms. The number of fused-ring (bicyclic) bond motifs is 1. The molecule has 4 aromatic rings. The SMILES string of the molecule is Cc1noc2ncc(-c3nc(-c4cncs4)no3)cc12. The van der Waals surface area contributed by atoms with Crippen LogP contribution in [0.15, 0.2) is 33.0 Å². The van der Waals surface area contributed by atoms with Crippen LogP contribution in [-0.2, 0) is 0 Å². The van der Waals surface area contributed by atoms with E-state index < -0.39 is 0 Å². The molecule has 4 aromatic heterocycles. The Labute approximate surface area is 116 Å². The van der Waals surface area contributed by atoms with Gasteiger partial charge in [0.25, 0.3) is 11.6 Å². The van der Waals surface area contributed by atoms with Crippen molar-refractivity contribution in [1.29, 1.82) is 0 Å². The molecule has 4 rings (SSSR count). The van der Waals surface area contributed by atoms with Gasteiger partial charge in [0, 0.05) is 12.4 Å². The van der Waals surface area contributed by atoms with Crippen molar-refractivity contribution in [2.24, 2.45) is 0 Å². The predicted octanol–water partition coefficient (Wildman–Crippen LogP) is 2.70. The van der Waals surface area contributed by atoms with Gasteiger partial charge < -0.3 is 9.05 Å². The first kappa shape index (κ1) is 11.2. The number of rotatable bonds is 2. The van der Waals surface area contributed by atoms with E-state index in [-0.39, 0.29) is 0 Å². The molecular weight excluding hydrogens is 278 g/mol. The smallest absolute Gasteiger partial charge is 0.259 e. The average Bonchev–Trinajstić information content (AvgIpc) is 3.18. The molecule has 98 valence electrons. The Morgan fingerprint density at radius 1 is 1.15 bits per heavy atom. The van der Waals surface area contributed by atoms with Gasteiger partial charge in [0.2, 0.25) is 5.82 Å². The van der Waals surface area contributed by atoms with Crippen LogP contribution in [0.3, 0.4) is 0 Å². The van der Waals surface area contributed by atoms with Crippen LogP contribution in [0.4, 0.5) is 0 Å². The molecule has 0 unspecified atom stereocenters. The number of aryl methyl sites for hydroxylation is 1. The van der Waals surface area contributed by atoms with Crippen LogP contribution in [0.5, 0.6) is 0 Å². The van der Waals surface area contributed by atoms with Crippen LogP contribution >= 0.6 is 11.3 Å². The third-order valence-corrected chi connectivity index (χ3v) is 3.60. The quantitative estimate of drug-likeness (QED) is 0.559. The molecule has 0 saturated carbocycles. The number of aromatic nitrogens is 5. The van der Waals surface area contributed by atoms with Gasteiger partial charge >= 0.3 is 0 Å². The maximum Gasteiger partial charge on any atom is 0.259 e. The Morgan fingerprint density at radius 3 is 2.95 bits per heavy atom. The highest BCUT2D eigenvalue weighted by Gasteiger charge is 2.14. The molecule has 0 amide bonds. The molecule has 0 atom stereocenters. The van der Waals surface area contributed by atoms with Crippen molar-refractivity contribution in [2.75, 3.05) is 0 Å². The second kappa shape index (κ2) is 4.20. The number of thiazole rings is 1. The molecule has 0 aliphatic rings. The number of nitrogens with zero attached hydrogens (tertiary/aromatic N) is 5. The molecule has 0 N–H and O–H groups in total. The summed E-state index contributed by atoms with van der Waals surface area (Å²) in [6.45, 7) is 1.86. The molecule has 0 fully saturated rings. The fraction of sp³-hybridized carbons (Fsp3) is 0.0833. The zero-order chi connectivity index (χ0) is 13.5. The fourth-order valence-electron chi connectivity index (χ4n) is 1.83.